The maximum atomic E-state index is 14.2. The Morgan fingerprint density at radius 3 is 3.00 bits per heavy atom. The van der Waals surface area contributed by atoms with Gasteiger partial charge in [0.05, 0.1) is 17.3 Å². The zero-order chi connectivity index (χ0) is 19.2. The molecule has 0 aliphatic heterocycles. The van der Waals surface area contributed by atoms with Crippen LogP contribution in [-0.2, 0) is 9.57 Å². The van der Waals surface area contributed by atoms with E-state index in [9.17, 15) is 9.18 Å². The zero-order valence-electron chi connectivity index (χ0n) is 14.6. The van der Waals surface area contributed by atoms with E-state index in [1.165, 1.54) is 24.7 Å². The molecule has 0 aliphatic carbocycles. The van der Waals surface area contributed by atoms with E-state index in [4.69, 9.17) is 14.0 Å². The van der Waals surface area contributed by atoms with Gasteiger partial charge in [0.25, 0.3) is 0 Å². The Morgan fingerprint density at radius 1 is 1.37 bits per heavy atom. The van der Waals surface area contributed by atoms with Crippen LogP contribution in [0.4, 0.5) is 15.8 Å². The number of hydrogen-bond donors (Lipinski definition) is 2. The quantitative estimate of drug-likeness (QED) is 0.355. The Bertz CT molecular complexity index is 971. The van der Waals surface area contributed by atoms with Gasteiger partial charge in [-0.05, 0) is 30.7 Å². The molecule has 0 atom stereocenters. The third-order valence-corrected chi connectivity index (χ3v) is 3.67. The first kappa shape index (κ1) is 18.4. The molecule has 0 aliphatic rings. The van der Waals surface area contributed by atoms with Crippen molar-refractivity contribution in [3.05, 3.63) is 66.6 Å². The van der Waals surface area contributed by atoms with Crippen LogP contribution in [0.2, 0.25) is 0 Å². The molecule has 0 saturated carbocycles. The molecule has 2 aromatic heterocycles. The number of hydrogen-bond acceptors (Lipinski definition) is 6. The third kappa shape index (κ3) is 4.24. The van der Waals surface area contributed by atoms with Crippen LogP contribution in [0.3, 0.4) is 0 Å². The number of anilines is 2. The van der Waals surface area contributed by atoms with Gasteiger partial charge in [-0.1, -0.05) is 12.6 Å². The molecule has 2 heterocycles. The van der Waals surface area contributed by atoms with Crippen molar-refractivity contribution in [2.75, 3.05) is 18.5 Å². The van der Waals surface area contributed by atoms with Gasteiger partial charge >= 0.3 is 5.91 Å². The van der Waals surface area contributed by atoms with Gasteiger partial charge in [-0.2, -0.15) is 0 Å². The lowest BCUT2D eigenvalue weighted by atomic mass is 10.2. The number of amides is 1. The van der Waals surface area contributed by atoms with E-state index < -0.39 is 11.7 Å². The van der Waals surface area contributed by atoms with E-state index in [0.29, 0.717) is 16.7 Å². The first-order valence-electron chi connectivity index (χ1n) is 8.14. The highest BCUT2D eigenvalue weighted by Crippen LogP contribution is 2.33. The van der Waals surface area contributed by atoms with Gasteiger partial charge in [0, 0.05) is 12.4 Å². The van der Waals surface area contributed by atoms with Crippen molar-refractivity contribution >= 4 is 28.3 Å². The molecule has 0 radical (unpaired) electrons. The number of halogens is 1. The molecule has 0 fully saturated rings. The van der Waals surface area contributed by atoms with Crippen LogP contribution in [-0.4, -0.2) is 24.1 Å². The van der Waals surface area contributed by atoms with Crippen LogP contribution < -0.4 is 10.8 Å². The molecule has 0 spiro atoms. The van der Waals surface area contributed by atoms with Crippen LogP contribution in [0.5, 0.6) is 0 Å². The van der Waals surface area contributed by atoms with Crippen molar-refractivity contribution in [3.8, 4) is 0 Å². The van der Waals surface area contributed by atoms with Gasteiger partial charge in [-0.3, -0.25) is 14.6 Å². The number of aryl methyl sites for hydroxylation is 1. The highest BCUT2D eigenvalue weighted by molar-refractivity contribution is 6.06. The topological polar surface area (TPSA) is 85.6 Å². The molecular weight excluding hydrogens is 353 g/mol. The molecule has 0 unspecified atom stereocenters. The Kier molecular flexibility index (Phi) is 5.68. The molecule has 140 valence electrons. The first-order valence-corrected chi connectivity index (χ1v) is 8.14. The Morgan fingerprint density at radius 2 is 2.22 bits per heavy atom. The molecule has 3 aromatic rings. The van der Waals surface area contributed by atoms with Crippen molar-refractivity contribution in [2.45, 2.75) is 6.92 Å². The number of hydroxylamine groups is 1. The normalized spacial score (nSPS) is 10.6. The maximum absolute atomic E-state index is 14.2. The molecule has 0 bridgehead atoms. The minimum absolute atomic E-state index is 0.0531. The van der Waals surface area contributed by atoms with Crippen LogP contribution >= 0.6 is 0 Å². The molecule has 8 heteroatoms. The lowest BCUT2D eigenvalue weighted by molar-refractivity contribution is 0.0129. The highest BCUT2D eigenvalue weighted by atomic mass is 19.1. The van der Waals surface area contributed by atoms with E-state index >= 15 is 0 Å². The number of benzene rings is 1. The Hall–Kier alpha value is -3.39. The number of rotatable bonds is 8. The van der Waals surface area contributed by atoms with Crippen molar-refractivity contribution in [3.63, 3.8) is 0 Å². The van der Waals surface area contributed by atoms with E-state index in [-0.39, 0.29) is 24.7 Å². The number of ether oxygens (including phenoxy) is 1. The SMILES string of the molecule is C=COCCONC(=O)c1oc2ccncc2c1Nc1ccc(C)cc1F. The number of furan rings is 1. The number of carbonyl (C=O) groups excluding carboxylic acids is 1. The number of carbonyl (C=O) groups is 1. The summed E-state index contributed by atoms with van der Waals surface area (Å²) in [4.78, 5) is 21.5. The third-order valence-electron chi connectivity index (χ3n) is 3.67. The molecule has 2 N–H and O–H groups in total. The summed E-state index contributed by atoms with van der Waals surface area (Å²) in [5, 5.41) is 3.46. The lowest BCUT2D eigenvalue weighted by Crippen LogP contribution is -2.25. The van der Waals surface area contributed by atoms with Gasteiger partial charge in [0.1, 0.15) is 30.3 Å². The number of aromatic nitrogens is 1. The predicted molar refractivity (Wildman–Crippen MR) is 98.0 cm³/mol. The highest BCUT2D eigenvalue weighted by Gasteiger charge is 2.22. The summed E-state index contributed by atoms with van der Waals surface area (Å²) in [6, 6.07) is 6.35. The smallest absolute Gasteiger partial charge is 0.312 e. The Balaban J connectivity index is 1.87. The van der Waals surface area contributed by atoms with E-state index in [2.05, 4.69) is 22.4 Å². The van der Waals surface area contributed by atoms with Gasteiger partial charge in [-0.25, -0.2) is 9.87 Å². The average molecular weight is 371 g/mol. The molecule has 1 amide bonds. The standard InChI is InChI=1S/C19H18FN3O4/c1-3-25-8-9-26-23-19(24)18-17(13-11-21-7-6-16(13)27-18)22-15-5-4-12(2)10-14(15)20/h3-7,10-11,22H,1,8-9H2,2H3,(H,23,24). The summed E-state index contributed by atoms with van der Waals surface area (Å²) in [7, 11) is 0. The number of nitrogens with one attached hydrogen (secondary N) is 2. The van der Waals surface area contributed by atoms with Crippen LogP contribution in [0.15, 0.2) is 53.9 Å². The zero-order valence-corrected chi connectivity index (χ0v) is 14.6. The maximum Gasteiger partial charge on any atom is 0.312 e. The van der Waals surface area contributed by atoms with Crippen molar-refractivity contribution < 1.29 is 23.2 Å². The van der Waals surface area contributed by atoms with Gasteiger partial charge in [0.15, 0.2) is 0 Å². The van der Waals surface area contributed by atoms with E-state index in [0.717, 1.165) is 5.56 Å². The molecule has 0 saturated heterocycles. The summed E-state index contributed by atoms with van der Waals surface area (Å²) in [6.45, 7) is 5.54. The molecule has 27 heavy (non-hydrogen) atoms. The average Bonchev–Trinajstić information content (AvgIpc) is 3.02. The van der Waals surface area contributed by atoms with Gasteiger partial charge in [0.2, 0.25) is 5.76 Å². The number of pyridine rings is 1. The summed E-state index contributed by atoms with van der Waals surface area (Å²) in [6.07, 6.45) is 4.34. The summed E-state index contributed by atoms with van der Waals surface area (Å²) >= 11 is 0. The number of nitrogens with zero attached hydrogens (tertiary/aromatic N) is 1. The fourth-order valence-electron chi connectivity index (χ4n) is 2.42. The second-order valence-corrected chi connectivity index (χ2v) is 5.60. The lowest BCUT2D eigenvalue weighted by Gasteiger charge is -2.09. The first-order chi connectivity index (χ1) is 13.1. The van der Waals surface area contributed by atoms with Crippen LogP contribution in [0.1, 0.15) is 16.1 Å². The fraction of sp³-hybridized carbons (Fsp3) is 0.158. The fourth-order valence-corrected chi connectivity index (χ4v) is 2.42. The van der Waals surface area contributed by atoms with E-state index in [1.54, 1.807) is 25.1 Å². The second kappa shape index (κ2) is 8.33. The van der Waals surface area contributed by atoms with Gasteiger partial charge in [-0.15, -0.1) is 0 Å². The summed E-state index contributed by atoms with van der Waals surface area (Å²) in [5.74, 6) is -1.13. The minimum Gasteiger partial charge on any atom is -0.499 e. The largest absolute Gasteiger partial charge is 0.499 e. The summed E-state index contributed by atoms with van der Waals surface area (Å²) < 4.78 is 24.7. The van der Waals surface area contributed by atoms with Crippen molar-refractivity contribution in [2.24, 2.45) is 0 Å². The van der Waals surface area contributed by atoms with E-state index in [1.807, 2.05) is 0 Å². The molecule has 1 aromatic carbocycles. The summed E-state index contributed by atoms with van der Waals surface area (Å²) in [5.41, 5.74) is 3.99. The van der Waals surface area contributed by atoms with Crippen LogP contribution in [0.25, 0.3) is 11.0 Å². The molecular formula is C19H18FN3O4. The van der Waals surface area contributed by atoms with Crippen LogP contribution in [0, 0.1) is 12.7 Å². The van der Waals surface area contributed by atoms with Gasteiger partial charge < -0.3 is 14.5 Å². The molecule has 3 rings (SSSR count). The predicted octanol–water partition coefficient (Wildman–Crippen LogP) is 3.84. The van der Waals surface area contributed by atoms with Crippen molar-refractivity contribution in [1.82, 2.24) is 10.5 Å². The number of fused-ring (bicyclic) bond motifs is 1. The minimum atomic E-state index is -0.625. The Labute approximate surface area is 154 Å². The monoisotopic (exact) mass is 371 g/mol. The van der Waals surface area contributed by atoms with Crippen molar-refractivity contribution in [1.29, 1.82) is 0 Å². The second-order valence-electron chi connectivity index (χ2n) is 5.60. The molecule has 7 nitrogen and oxygen atoms in total.